The molecule has 0 aliphatic carbocycles. The highest BCUT2D eigenvalue weighted by Crippen LogP contribution is 2.20. The summed E-state index contributed by atoms with van der Waals surface area (Å²) in [5.41, 5.74) is 2.27. The molecule has 0 bridgehead atoms. The van der Waals surface area contributed by atoms with E-state index in [0.717, 1.165) is 14.5 Å². The van der Waals surface area contributed by atoms with E-state index in [1.165, 1.54) is 17.7 Å². The van der Waals surface area contributed by atoms with Crippen molar-refractivity contribution in [2.75, 3.05) is 0 Å². The fraction of sp³-hybridized carbons (Fsp3) is 0.200. The molecule has 2 rings (SSSR count). The van der Waals surface area contributed by atoms with Gasteiger partial charge in [-0.25, -0.2) is 4.39 Å². The monoisotopic (exact) mass is 385 g/mol. The average molecular weight is 387 g/mol. The lowest BCUT2D eigenvalue weighted by Crippen LogP contribution is -2.18. The van der Waals surface area contributed by atoms with Gasteiger partial charge in [0, 0.05) is 21.5 Å². The number of halogens is 3. The molecule has 0 aliphatic rings. The van der Waals surface area contributed by atoms with Gasteiger partial charge in [-0.2, -0.15) is 0 Å². The van der Waals surface area contributed by atoms with E-state index < -0.39 is 0 Å². The third-order valence-corrected chi connectivity index (χ3v) is 4.25. The zero-order chi connectivity index (χ0) is 13.8. The van der Waals surface area contributed by atoms with Crippen LogP contribution in [0.3, 0.4) is 0 Å². The van der Waals surface area contributed by atoms with Crippen LogP contribution in [0.1, 0.15) is 24.1 Å². The van der Waals surface area contributed by atoms with Crippen molar-refractivity contribution in [3.05, 3.63) is 68.4 Å². The highest BCUT2D eigenvalue weighted by Gasteiger charge is 2.06. The van der Waals surface area contributed by atoms with E-state index in [1.54, 1.807) is 6.07 Å². The van der Waals surface area contributed by atoms with E-state index in [9.17, 15) is 4.39 Å². The summed E-state index contributed by atoms with van der Waals surface area (Å²) < 4.78 is 14.9. The van der Waals surface area contributed by atoms with Crippen molar-refractivity contribution < 1.29 is 4.39 Å². The maximum atomic E-state index is 13.0. The molecule has 1 N–H and O–H groups in total. The summed E-state index contributed by atoms with van der Waals surface area (Å²) in [7, 11) is 0. The first-order valence-corrected chi connectivity index (χ1v) is 7.57. The Hall–Kier alpha value is -0.710. The summed E-state index contributed by atoms with van der Waals surface area (Å²) in [5.74, 6) is -0.225. The van der Waals surface area contributed by atoms with E-state index >= 15 is 0 Å². The molecule has 0 heterocycles. The van der Waals surface area contributed by atoms with Gasteiger partial charge in [0.05, 0.1) is 0 Å². The quantitative estimate of drug-likeness (QED) is 0.761. The molecule has 0 spiro atoms. The normalized spacial score (nSPS) is 12.4. The van der Waals surface area contributed by atoms with Gasteiger partial charge in [-0.1, -0.05) is 50.1 Å². The van der Waals surface area contributed by atoms with Crippen molar-refractivity contribution in [2.24, 2.45) is 0 Å². The fourth-order valence-electron chi connectivity index (χ4n) is 1.80. The molecular weight excluding hydrogens is 373 g/mol. The molecule has 4 heteroatoms. The number of benzene rings is 2. The largest absolute Gasteiger partial charge is 0.306 e. The number of hydrogen-bond donors (Lipinski definition) is 1. The van der Waals surface area contributed by atoms with E-state index in [2.05, 4.69) is 56.2 Å². The molecule has 2 aromatic carbocycles. The molecular formula is C15H14Br2FN. The molecule has 0 aromatic heterocycles. The Bertz CT molecular complexity index is 555. The summed E-state index contributed by atoms with van der Waals surface area (Å²) in [6, 6.07) is 13.2. The van der Waals surface area contributed by atoms with Gasteiger partial charge in [-0.15, -0.1) is 0 Å². The van der Waals surface area contributed by atoms with E-state index in [0.29, 0.717) is 6.54 Å². The Morgan fingerprint density at radius 2 is 1.79 bits per heavy atom. The Labute approximate surface area is 129 Å². The van der Waals surface area contributed by atoms with E-state index in [1.807, 2.05) is 12.1 Å². The van der Waals surface area contributed by atoms with Crippen molar-refractivity contribution in [3.63, 3.8) is 0 Å². The zero-order valence-corrected chi connectivity index (χ0v) is 13.6. The average Bonchev–Trinajstić information content (AvgIpc) is 2.38. The molecule has 0 saturated carbocycles. The highest BCUT2D eigenvalue weighted by molar-refractivity contribution is 9.10. The van der Waals surface area contributed by atoms with E-state index in [-0.39, 0.29) is 11.9 Å². The molecule has 0 aliphatic heterocycles. The predicted molar refractivity (Wildman–Crippen MR) is 83.5 cm³/mol. The minimum atomic E-state index is -0.225. The number of hydrogen-bond acceptors (Lipinski definition) is 1. The third kappa shape index (κ3) is 4.13. The van der Waals surface area contributed by atoms with Gasteiger partial charge in [-0.3, -0.25) is 0 Å². The standard InChI is InChI=1S/C15H14Br2FN/c1-10(11-2-5-13(16)6-3-11)19-9-12-4-7-14(18)8-15(12)17/h2-8,10,19H,9H2,1H3. The zero-order valence-electron chi connectivity index (χ0n) is 10.5. The van der Waals surface area contributed by atoms with Gasteiger partial charge in [0.15, 0.2) is 0 Å². The van der Waals surface area contributed by atoms with Crippen molar-refractivity contribution in [1.29, 1.82) is 0 Å². The van der Waals surface area contributed by atoms with Crippen molar-refractivity contribution in [1.82, 2.24) is 5.32 Å². The summed E-state index contributed by atoms with van der Waals surface area (Å²) in [6.07, 6.45) is 0. The lowest BCUT2D eigenvalue weighted by atomic mass is 10.1. The lowest BCUT2D eigenvalue weighted by molar-refractivity contribution is 0.571. The van der Waals surface area contributed by atoms with Crippen LogP contribution < -0.4 is 5.32 Å². The van der Waals surface area contributed by atoms with Crippen LogP contribution in [0.4, 0.5) is 4.39 Å². The van der Waals surface area contributed by atoms with Gasteiger partial charge >= 0.3 is 0 Å². The van der Waals surface area contributed by atoms with Gasteiger partial charge in [0.2, 0.25) is 0 Å². The van der Waals surface area contributed by atoms with Crippen LogP contribution >= 0.6 is 31.9 Å². The first-order chi connectivity index (χ1) is 9.06. The molecule has 1 nitrogen and oxygen atoms in total. The lowest BCUT2D eigenvalue weighted by Gasteiger charge is -2.15. The Kier molecular flexibility index (Phi) is 5.13. The van der Waals surface area contributed by atoms with Crippen molar-refractivity contribution in [3.8, 4) is 0 Å². The topological polar surface area (TPSA) is 12.0 Å². The highest BCUT2D eigenvalue weighted by atomic mass is 79.9. The SMILES string of the molecule is CC(NCc1ccc(F)cc1Br)c1ccc(Br)cc1. The van der Waals surface area contributed by atoms with Crippen molar-refractivity contribution in [2.45, 2.75) is 19.5 Å². The number of nitrogens with one attached hydrogen (secondary N) is 1. The molecule has 1 unspecified atom stereocenters. The minimum absolute atomic E-state index is 0.225. The van der Waals surface area contributed by atoms with Gasteiger partial charge in [0.1, 0.15) is 5.82 Å². The summed E-state index contributed by atoms with van der Waals surface area (Å²) in [5, 5.41) is 3.43. The fourth-order valence-corrected chi connectivity index (χ4v) is 2.55. The van der Waals surface area contributed by atoms with Crippen LogP contribution in [-0.2, 0) is 6.54 Å². The second kappa shape index (κ2) is 6.64. The van der Waals surface area contributed by atoms with Crippen LogP contribution in [0, 0.1) is 5.82 Å². The van der Waals surface area contributed by atoms with Gasteiger partial charge < -0.3 is 5.32 Å². The second-order valence-corrected chi connectivity index (χ2v) is 6.16. The third-order valence-electron chi connectivity index (χ3n) is 2.98. The summed E-state index contributed by atoms with van der Waals surface area (Å²) in [4.78, 5) is 0. The van der Waals surface area contributed by atoms with E-state index in [4.69, 9.17) is 0 Å². The summed E-state index contributed by atoms with van der Waals surface area (Å²) >= 11 is 6.80. The maximum Gasteiger partial charge on any atom is 0.124 e. The molecule has 0 radical (unpaired) electrons. The van der Waals surface area contributed by atoms with Gasteiger partial charge in [0.25, 0.3) is 0 Å². The molecule has 1 atom stereocenters. The van der Waals surface area contributed by atoms with Crippen LogP contribution in [0.5, 0.6) is 0 Å². The second-order valence-electron chi connectivity index (χ2n) is 4.39. The first kappa shape index (κ1) is 14.7. The van der Waals surface area contributed by atoms with Crippen LogP contribution in [0.25, 0.3) is 0 Å². The molecule has 2 aromatic rings. The first-order valence-electron chi connectivity index (χ1n) is 5.99. The van der Waals surface area contributed by atoms with Crippen LogP contribution in [0.15, 0.2) is 51.4 Å². The molecule has 0 fully saturated rings. The maximum absolute atomic E-state index is 13.0. The Morgan fingerprint density at radius 1 is 1.11 bits per heavy atom. The van der Waals surface area contributed by atoms with Crippen molar-refractivity contribution >= 4 is 31.9 Å². The molecule has 100 valence electrons. The molecule has 0 amide bonds. The summed E-state index contributed by atoms with van der Waals surface area (Å²) in [6.45, 7) is 2.80. The smallest absolute Gasteiger partial charge is 0.124 e. The van der Waals surface area contributed by atoms with Crippen LogP contribution in [-0.4, -0.2) is 0 Å². The molecule has 19 heavy (non-hydrogen) atoms. The Balaban J connectivity index is 2.00. The molecule has 0 saturated heterocycles. The predicted octanol–water partition coefficient (Wildman–Crippen LogP) is 5.20. The minimum Gasteiger partial charge on any atom is -0.306 e. The van der Waals surface area contributed by atoms with Crippen LogP contribution in [0.2, 0.25) is 0 Å². The number of rotatable bonds is 4. The Morgan fingerprint density at radius 3 is 2.42 bits per heavy atom. The van der Waals surface area contributed by atoms with Gasteiger partial charge in [-0.05, 0) is 42.3 Å².